The van der Waals surface area contributed by atoms with Crippen LogP contribution in [0.5, 0.6) is 0 Å². The van der Waals surface area contributed by atoms with Crippen molar-refractivity contribution < 1.29 is 0 Å². The summed E-state index contributed by atoms with van der Waals surface area (Å²) in [5.74, 6) is 0.876. The zero-order valence-electron chi connectivity index (χ0n) is 11.0. The summed E-state index contributed by atoms with van der Waals surface area (Å²) >= 11 is 0. The molecule has 0 spiro atoms. The summed E-state index contributed by atoms with van der Waals surface area (Å²) in [6, 6.07) is 8.57. The first-order chi connectivity index (χ1) is 8.11. The molecule has 1 atom stereocenters. The Kier molecular flexibility index (Phi) is 3.72. The Balaban J connectivity index is 1.99. The highest BCUT2D eigenvalue weighted by molar-refractivity contribution is 5.46. The van der Waals surface area contributed by atoms with Gasteiger partial charge >= 0.3 is 0 Å². The molecule has 2 heteroatoms. The first-order valence-electron chi connectivity index (χ1n) is 6.66. The monoisotopic (exact) mass is 232 g/mol. The number of hydrogen-bond acceptors (Lipinski definition) is 2. The van der Waals surface area contributed by atoms with Gasteiger partial charge in [0.15, 0.2) is 0 Å². The van der Waals surface area contributed by atoms with Gasteiger partial charge in [-0.25, -0.2) is 0 Å². The Morgan fingerprint density at radius 1 is 1.29 bits per heavy atom. The van der Waals surface area contributed by atoms with E-state index in [2.05, 4.69) is 43.4 Å². The Morgan fingerprint density at radius 3 is 2.41 bits per heavy atom. The van der Waals surface area contributed by atoms with Gasteiger partial charge in [-0.1, -0.05) is 37.0 Å². The summed E-state index contributed by atoms with van der Waals surface area (Å²) in [5.41, 5.74) is 8.47. The normalized spacial score (nSPS) is 19.5. The van der Waals surface area contributed by atoms with Crippen LogP contribution in [0.3, 0.4) is 0 Å². The second-order valence-electron chi connectivity index (χ2n) is 5.76. The maximum atomic E-state index is 5.95. The van der Waals surface area contributed by atoms with E-state index in [4.69, 9.17) is 5.73 Å². The molecule has 0 aromatic heterocycles. The molecule has 1 aromatic carbocycles. The summed E-state index contributed by atoms with van der Waals surface area (Å²) in [6.07, 6.45) is 5.35. The molecule has 0 heterocycles. The van der Waals surface area contributed by atoms with Gasteiger partial charge in [0.2, 0.25) is 0 Å². The third kappa shape index (κ3) is 3.22. The van der Waals surface area contributed by atoms with Gasteiger partial charge in [0.1, 0.15) is 0 Å². The summed E-state index contributed by atoms with van der Waals surface area (Å²) in [5, 5.41) is 3.61. The van der Waals surface area contributed by atoms with Crippen molar-refractivity contribution in [3.05, 3.63) is 29.8 Å². The largest absolute Gasteiger partial charge is 0.379 e. The maximum Gasteiger partial charge on any atom is 0.0470 e. The molecule has 0 radical (unpaired) electrons. The second kappa shape index (κ2) is 5.09. The first kappa shape index (κ1) is 12.4. The molecule has 0 amide bonds. The molecule has 2 nitrogen and oxygen atoms in total. The van der Waals surface area contributed by atoms with Gasteiger partial charge in [0.25, 0.3) is 0 Å². The van der Waals surface area contributed by atoms with Gasteiger partial charge in [-0.2, -0.15) is 0 Å². The molecular weight excluding hydrogens is 208 g/mol. The van der Waals surface area contributed by atoms with Crippen LogP contribution in [0.1, 0.15) is 38.2 Å². The van der Waals surface area contributed by atoms with Crippen molar-refractivity contribution in [1.29, 1.82) is 0 Å². The number of hydrogen-bond donors (Lipinski definition) is 2. The quantitative estimate of drug-likeness (QED) is 0.817. The first-order valence-corrected chi connectivity index (χ1v) is 6.66. The zero-order valence-corrected chi connectivity index (χ0v) is 11.0. The van der Waals surface area contributed by atoms with E-state index in [0.29, 0.717) is 6.54 Å². The molecule has 1 saturated carbocycles. The molecule has 0 saturated heterocycles. The minimum atomic E-state index is 0.0420. The molecule has 17 heavy (non-hydrogen) atoms. The molecule has 94 valence electrons. The van der Waals surface area contributed by atoms with Crippen molar-refractivity contribution in [3.63, 3.8) is 0 Å². The lowest BCUT2D eigenvalue weighted by Gasteiger charge is -2.37. The third-order valence-electron chi connectivity index (χ3n) is 3.91. The Labute approximate surface area is 105 Å². The van der Waals surface area contributed by atoms with Crippen LogP contribution >= 0.6 is 0 Å². The van der Waals surface area contributed by atoms with Crippen molar-refractivity contribution >= 4 is 5.69 Å². The predicted molar refractivity (Wildman–Crippen MR) is 74.2 cm³/mol. The fourth-order valence-corrected chi connectivity index (χ4v) is 2.50. The minimum absolute atomic E-state index is 0.0420. The molecule has 1 aliphatic rings. The van der Waals surface area contributed by atoms with Crippen molar-refractivity contribution in [2.45, 2.75) is 45.1 Å². The SMILES string of the molecule is Cc1ccc(NC(C)(CN)CC2CCC2)cc1. The van der Waals surface area contributed by atoms with Crippen LogP contribution in [0.4, 0.5) is 5.69 Å². The Hall–Kier alpha value is -1.02. The standard InChI is InChI=1S/C15H24N2/c1-12-6-8-14(9-7-12)17-15(2,11-16)10-13-4-3-5-13/h6-9,13,17H,3-5,10-11,16H2,1-2H3. The van der Waals surface area contributed by atoms with Crippen LogP contribution in [0.2, 0.25) is 0 Å². The molecule has 1 aliphatic carbocycles. The third-order valence-corrected chi connectivity index (χ3v) is 3.91. The maximum absolute atomic E-state index is 5.95. The van der Waals surface area contributed by atoms with E-state index < -0.39 is 0 Å². The molecule has 3 N–H and O–H groups in total. The van der Waals surface area contributed by atoms with Crippen molar-refractivity contribution in [2.24, 2.45) is 11.7 Å². The molecular formula is C15H24N2. The topological polar surface area (TPSA) is 38.0 Å². The van der Waals surface area contributed by atoms with Crippen molar-refractivity contribution in [1.82, 2.24) is 0 Å². The fourth-order valence-electron chi connectivity index (χ4n) is 2.50. The van der Waals surface area contributed by atoms with Crippen LogP contribution < -0.4 is 11.1 Å². The minimum Gasteiger partial charge on any atom is -0.379 e. The summed E-state index contributed by atoms with van der Waals surface area (Å²) < 4.78 is 0. The molecule has 2 rings (SSSR count). The summed E-state index contributed by atoms with van der Waals surface area (Å²) in [6.45, 7) is 5.04. The van der Waals surface area contributed by atoms with Gasteiger partial charge < -0.3 is 11.1 Å². The van der Waals surface area contributed by atoms with Crippen molar-refractivity contribution in [3.8, 4) is 0 Å². The number of nitrogens with one attached hydrogen (secondary N) is 1. The van der Waals surface area contributed by atoms with Crippen LogP contribution in [-0.2, 0) is 0 Å². The van der Waals surface area contributed by atoms with Gasteiger partial charge in [0, 0.05) is 17.8 Å². The molecule has 1 unspecified atom stereocenters. The van der Waals surface area contributed by atoms with E-state index >= 15 is 0 Å². The van der Waals surface area contributed by atoms with E-state index in [9.17, 15) is 0 Å². The van der Waals surface area contributed by atoms with E-state index in [1.165, 1.54) is 36.9 Å². The lowest BCUT2D eigenvalue weighted by molar-refractivity contribution is 0.248. The Bertz CT molecular complexity index is 354. The van der Waals surface area contributed by atoms with Crippen LogP contribution in [0, 0.1) is 12.8 Å². The zero-order chi connectivity index (χ0) is 12.3. The van der Waals surface area contributed by atoms with E-state index in [-0.39, 0.29) is 5.54 Å². The highest BCUT2D eigenvalue weighted by atomic mass is 15.0. The lowest BCUT2D eigenvalue weighted by Crippen LogP contribution is -2.45. The number of aryl methyl sites for hydroxylation is 1. The van der Waals surface area contributed by atoms with E-state index in [1.807, 2.05) is 0 Å². The van der Waals surface area contributed by atoms with E-state index in [0.717, 1.165) is 5.92 Å². The second-order valence-corrected chi connectivity index (χ2v) is 5.76. The average Bonchev–Trinajstić information content (AvgIpc) is 2.27. The van der Waals surface area contributed by atoms with Gasteiger partial charge in [-0.3, -0.25) is 0 Å². The lowest BCUT2D eigenvalue weighted by atomic mass is 9.76. The van der Waals surface area contributed by atoms with Crippen molar-refractivity contribution in [2.75, 3.05) is 11.9 Å². The molecule has 1 fully saturated rings. The number of benzene rings is 1. The van der Waals surface area contributed by atoms with Crippen LogP contribution in [0.25, 0.3) is 0 Å². The average molecular weight is 232 g/mol. The van der Waals surface area contributed by atoms with Gasteiger partial charge in [0.05, 0.1) is 0 Å². The van der Waals surface area contributed by atoms with Gasteiger partial charge in [-0.05, 0) is 38.3 Å². The molecule has 0 aliphatic heterocycles. The predicted octanol–water partition coefficient (Wildman–Crippen LogP) is 3.31. The molecule has 1 aromatic rings. The smallest absolute Gasteiger partial charge is 0.0470 e. The Morgan fingerprint density at radius 2 is 1.94 bits per heavy atom. The van der Waals surface area contributed by atoms with E-state index in [1.54, 1.807) is 0 Å². The summed E-state index contributed by atoms with van der Waals surface area (Å²) in [4.78, 5) is 0. The molecule has 0 bridgehead atoms. The van der Waals surface area contributed by atoms with Crippen LogP contribution in [0.15, 0.2) is 24.3 Å². The highest BCUT2D eigenvalue weighted by Gasteiger charge is 2.29. The fraction of sp³-hybridized carbons (Fsp3) is 0.600. The number of nitrogens with two attached hydrogens (primary N) is 1. The van der Waals surface area contributed by atoms with Crippen LogP contribution in [-0.4, -0.2) is 12.1 Å². The number of rotatable bonds is 5. The van der Waals surface area contributed by atoms with Gasteiger partial charge in [-0.15, -0.1) is 0 Å². The number of anilines is 1. The highest BCUT2D eigenvalue weighted by Crippen LogP contribution is 2.34. The summed E-state index contributed by atoms with van der Waals surface area (Å²) in [7, 11) is 0.